The number of hydrogen-bond acceptors (Lipinski definition) is 4. The van der Waals surface area contributed by atoms with Crippen molar-refractivity contribution in [1.82, 2.24) is 5.32 Å². The van der Waals surface area contributed by atoms with Gasteiger partial charge in [-0.2, -0.15) is 0 Å². The van der Waals surface area contributed by atoms with Crippen LogP contribution in [0.25, 0.3) is 0 Å². The van der Waals surface area contributed by atoms with Crippen molar-refractivity contribution >= 4 is 23.4 Å². The lowest BCUT2D eigenvalue weighted by Crippen LogP contribution is -2.31. The van der Waals surface area contributed by atoms with E-state index in [9.17, 15) is 14.4 Å². The van der Waals surface area contributed by atoms with Gasteiger partial charge in [0.25, 0.3) is 17.7 Å². The van der Waals surface area contributed by atoms with Gasteiger partial charge in [-0.15, -0.1) is 0 Å². The summed E-state index contributed by atoms with van der Waals surface area (Å²) in [4.78, 5) is 39.3. The van der Waals surface area contributed by atoms with E-state index in [4.69, 9.17) is 4.74 Å². The molecule has 2 aliphatic rings. The van der Waals surface area contributed by atoms with E-state index in [0.29, 0.717) is 23.4 Å². The molecule has 2 heterocycles. The molecule has 6 nitrogen and oxygen atoms in total. The molecule has 1 unspecified atom stereocenters. The fourth-order valence-corrected chi connectivity index (χ4v) is 3.60. The zero-order valence-corrected chi connectivity index (χ0v) is 16.0. The highest BCUT2D eigenvalue weighted by Gasteiger charge is 2.37. The molecule has 2 aromatic rings. The van der Waals surface area contributed by atoms with Crippen molar-refractivity contribution in [3.8, 4) is 0 Å². The molecule has 2 aromatic carbocycles. The molecule has 0 bridgehead atoms. The molecule has 2 aliphatic heterocycles. The number of amides is 3. The van der Waals surface area contributed by atoms with Crippen LogP contribution in [0.2, 0.25) is 0 Å². The number of fused-ring (bicyclic) bond motifs is 1. The van der Waals surface area contributed by atoms with Gasteiger partial charge in [0, 0.05) is 18.7 Å². The summed E-state index contributed by atoms with van der Waals surface area (Å²) in [6.07, 6.45) is 1.98. The number of carbonyl (C=O) groups excluding carboxylic acids is 3. The zero-order chi connectivity index (χ0) is 19.8. The van der Waals surface area contributed by atoms with Gasteiger partial charge < -0.3 is 10.1 Å². The Morgan fingerprint density at radius 1 is 1.07 bits per heavy atom. The fraction of sp³-hybridized carbons (Fsp3) is 0.318. The van der Waals surface area contributed by atoms with Crippen LogP contribution in [0.15, 0.2) is 36.4 Å². The second-order valence-electron chi connectivity index (χ2n) is 7.32. The maximum atomic E-state index is 12.9. The minimum atomic E-state index is -0.406. The Kier molecular flexibility index (Phi) is 4.73. The van der Waals surface area contributed by atoms with Crippen molar-refractivity contribution in [3.05, 3.63) is 64.2 Å². The summed E-state index contributed by atoms with van der Waals surface area (Å²) >= 11 is 0. The number of hydrogen-bond donors (Lipinski definition) is 1. The highest BCUT2D eigenvalue weighted by atomic mass is 16.5. The van der Waals surface area contributed by atoms with E-state index in [1.807, 2.05) is 26.0 Å². The first kappa shape index (κ1) is 18.4. The first-order chi connectivity index (χ1) is 13.5. The van der Waals surface area contributed by atoms with Crippen LogP contribution in [-0.4, -0.2) is 37.0 Å². The lowest BCUT2D eigenvalue weighted by Gasteiger charge is -2.15. The summed E-state index contributed by atoms with van der Waals surface area (Å²) in [5.41, 5.74) is 3.57. The molecule has 1 atom stereocenters. The van der Waals surface area contributed by atoms with E-state index in [-0.39, 0.29) is 23.5 Å². The molecule has 1 fully saturated rings. The summed E-state index contributed by atoms with van der Waals surface area (Å²) in [6, 6.07) is 10.1. The first-order valence-corrected chi connectivity index (χ1v) is 9.45. The Morgan fingerprint density at radius 3 is 2.57 bits per heavy atom. The number of anilines is 1. The molecule has 1 saturated heterocycles. The number of nitrogens with one attached hydrogen (secondary N) is 1. The maximum absolute atomic E-state index is 12.9. The van der Waals surface area contributed by atoms with Gasteiger partial charge in [-0.05, 0) is 68.1 Å². The molecular weight excluding hydrogens is 356 g/mol. The second-order valence-corrected chi connectivity index (χ2v) is 7.32. The molecule has 0 aromatic heterocycles. The van der Waals surface area contributed by atoms with Gasteiger partial charge in [0.1, 0.15) is 0 Å². The Labute approximate surface area is 163 Å². The summed E-state index contributed by atoms with van der Waals surface area (Å²) < 4.78 is 5.51. The molecule has 6 heteroatoms. The van der Waals surface area contributed by atoms with Crippen LogP contribution in [-0.2, 0) is 4.74 Å². The molecular formula is C22H22N2O4. The van der Waals surface area contributed by atoms with Gasteiger partial charge >= 0.3 is 0 Å². The molecule has 1 N–H and O–H groups in total. The molecule has 28 heavy (non-hydrogen) atoms. The number of nitrogens with zero attached hydrogens (tertiary/aromatic N) is 1. The van der Waals surface area contributed by atoms with Gasteiger partial charge in [0.2, 0.25) is 0 Å². The largest absolute Gasteiger partial charge is 0.376 e. The zero-order valence-electron chi connectivity index (χ0n) is 16.0. The number of rotatable bonds is 4. The summed E-state index contributed by atoms with van der Waals surface area (Å²) in [6.45, 7) is 5.08. The van der Waals surface area contributed by atoms with Crippen molar-refractivity contribution < 1.29 is 19.1 Å². The first-order valence-electron chi connectivity index (χ1n) is 9.45. The van der Waals surface area contributed by atoms with E-state index in [2.05, 4.69) is 5.32 Å². The average molecular weight is 378 g/mol. The van der Waals surface area contributed by atoms with Gasteiger partial charge in [-0.25, -0.2) is 4.90 Å². The molecule has 0 saturated carbocycles. The van der Waals surface area contributed by atoms with Gasteiger partial charge in [0.05, 0.1) is 22.9 Å². The standard InChI is InChI=1S/C22H22N2O4/c1-13-5-7-16(10-14(13)2)24-21(26)18-8-6-15(11-19(18)22(24)27)20(25)23-12-17-4-3-9-28-17/h5-8,10-11,17H,3-4,9,12H2,1-2H3,(H,23,25). The molecule has 0 radical (unpaired) electrons. The Hall–Kier alpha value is -2.99. The van der Waals surface area contributed by atoms with E-state index in [0.717, 1.165) is 30.6 Å². The van der Waals surface area contributed by atoms with Crippen LogP contribution in [0, 0.1) is 13.8 Å². The smallest absolute Gasteiger partial charge is 0.266 e. The molecule has 0 aliphatic carbocycles. The van der Waals surface area contributed by atoms with E-state index < -0.39 is 5.91 Å². The minimum absolute atomic E-state index is 0.0434. The highest BCUT2D eigenvalue weighted by molar-refractivity contribution is 6.34. The molecule has 4 rings (SSSR count). The van der Waals surface area contributed by atoms with Crippen LogP contribution in [0.1, 0.15) is 55.0 Å². The van der Waals surface area contributed by atoms with Gasteiger partial charge in [-0.3, -0.25) is 14.4 Å². The van der Waals surface area contributed by atoms with Crippen molar-refractivity contribution in [1.29, 1.82) is 0 Å². The number of carbonyl (C=O) groups is 3. The molecule has 3 amide bonds. The average Bonchev–Trinajstić information content (AvgIpc) is 3.29. The summed E-state index contributed by atoms with van der Waals surface area (Å²) in [5.74, 6) is -1.05. The third kappa shape index (κ3) is 3.20. The third-order valence-electron chi connectivity index (χ3n) is 5.41. The topological polar surface area (TPSA) is 75.7 Å². The van der Waals surface area contributed by atoms with Crippen molar-refractivity contribution in [2.24, 2.45) is 0 Å². The van der Waals surface area contributed by atoms with Crippen LogP contribution in [0.4, 0.5) is 5.69 Å². The van der Waals surface area contributed by atoms with E-state index in [1.165, 1.54) is 11.0 Å². The third-order valence-corrected chi connectivity index (χ3v) is 5.41. The Bertz CT molecular complexity index is 976. The van der Waals surface area contributed by atoms with Gasteiger partial charge in [-0.1, -0.05) is 6.07 Å². The fourth-order valence-electron chi connectivity index (χ4n) is 3.60. The predicted molar refractivity (Wildman–Crippen MR) is 105 cm³/mol. The Morgan fingerprint density at radius 2 is 1.86 bits per heavy atom. The molecule has 0 spiro atoms. The van der Waals surface area contributed by atoms with Crippen molar-refractivity contribution in [2.45, 2.75) is 32.8 Å². The summed E-state index contributed by atoms with van der Waals surface area (Å²) in [5, 5.41) is 2.84. The lowest BCUT2D eigenvalue weighted by molar-refractivity contribution is 0.0857. The van der Waals surface area contributed by atoms with Crippen LogP contribution in [0.3, 0.4) is 0 Å². The number of benzene rings is 2. The SMILES string of the molecule is Cc1ccc(N2C(=O)c3ccc(C(=O)NCC4CCCO4)cc3C2=O)cc1C. The quantitative estimate of drug-likeness (QED) is 0.830. The number of ether oxygens (including phenoxy) is 1. The summed E-state index contributed by atoms with van der Waals surface area (Å²) in [7, 11) is 0. The minimum Gasteiger partial charge on any atom is -0.376 e. The number of imide groups is 1. The number of aryl methyl sites for hydroxylation is 2. The van der Waals surface area contributed by atoms with Gasteiger partial charge in [0.15, 0.2) is 0 Å². The van der Waals surface area contributed by atoms with E-state index in [1.54, 1.807) is 18.2 Å². The van der Waals surface area contributed by atoms with E-state index >= 15 is 0 Å². The van der Waals surface area contributed by atoms with Crippen LogP contribution in [0.5, 0.6) is 0 Å². The lowest BCUT2D eigenvalue weighted by atomic mass is 10.1. The predicted octanol–water partition coefficient (Wildman–Crippen LogP) is 3.01. The highest BCUT2D eigenvalue weighted by Crippen LogP contribution is 2.30. The second kappa shape index (κ2) is 7.20. The van der Waals surface area contributed by atoms with Crippen molar-refractivity contribution in [2.75, 3.05) is 18.1 Å². The normalized spacial score (nSPS) is 18.5. The monoisotopic (exact) mass is 378 g/mol. The van der Waals surface area contributed by atoms with Crippen LogP contribution >= 0.6 is 0 Å². The maximum Gasteiger partial charge on any atom is 0.266 e. The van der Waals surface area contributed by atoms with Crippen LogP contribution < -0.4 is 10.2 Å². The Balaban J connectivity index is 1.56. The van der Waals surface area contributed by atoms with Crippen molar-refractivity contribution in [3.63, 3.8) is 0 Å². The molecule has 144 valence electrons.